The molecule has 3 atom stereocenters. The third-order valence-corrected chi connectivity index (χ3v) is 5.70. The van der Waals surface area contributed by atoms with E-state index < -0.39 is 0 Å². The van der Waals surface area contributed by atoms with E-state index in [2.05, 4.69) is 13.8 Å². The molecule has 0 N–H and O–H groups in total. The summed E-state index contributed by atoms with van der Waals surface area (Å²) in [5.41, 5.74) is -0.0229. The van der Waals surface area contributed by atoms with Crippen molar-refractivity contribution in [2.45, 2.75) is 58.1 Å². The molecule has 1 amide bonds. The monoisotopic (exact) mass is 253 g/mol. The van der Waals surface area contributed by atoms with Crippen LogP contribution in [0.2, 0.25) is 0 Å². The van der Waals surface area contributed by atoms with Gasteiger partial charge in [0.15, 0.2) is 0 Å². The van der Waals surface area contributed by atoms with Gasteiger partial charge in [0.1, 0.15) is 6.10 Å². The van der Waals surface area contributed by atoms with E-state index in [0.717, 1.165) is 12.8 Å². The van der Waals surface area contributed by atoms with Crippen LogP contribution in [0.1, 0.15) is 46.5 Å². The zero-order valence-electron chi connectivity index (χ0n) is 10.7. The predicted molar refractivity (Wildman–Crippen MR) is 68.5 cm³/mol. The smallest absolute Gasteiger partial charge is 0.267 e. The minimum atomic E-state index is -0.151. The lowest BCUT2D eigenvalue weighted by Gasteiger charge is -2.42. The van der Waals surface area contributed by atoms with Gasteiger partial charge in [0, 0.05) is 6.42 Å². The molecule has 3 fully saturated rings. The minimum Gasteiger partial charge on any atom is -0.465 e. The Kier molecular flexibility index (Phi) is 2.17. The molecule has 1 aliphatic heterocycles. The summed E-state index contributed by atoms with van der Waals surface area (Å²) in [6.45, 7) is 6.44. The lowest BCUT2D eigenvalue weighted by Crippen LogP contribution is -2.57. The van der Waals surface area contributed by atoms with Crippen LogP contribution >= 0.6 is 12.2 Å². The number of nitrogens with zero attached hydrogens (tertiary/aromatic N) is 1. The molecule has 2 aliphatic carbocycles. The number of hydrogen-bond donors (Lipinski definition) is 0. The van der Waals surface area contributed by atoms with Crippen molar-refractivity contribution in [1.29, 1.82) is 0 Å². The zero-order chi connectivity index (χ0) is 12.4. The van der Waals surface area contributed by atoms with Crippen molar-refractivity contribution in [3.05, 3.63) is 0 Å². The predicted octanol–water partition coefficient (Wildman–Crippen LogP) is 2.49. The quantitative estimate of drug-likeness (QED) is 0.672. The van der Waals surface area contributed by atoms with Crippen LogP contribution in [0, 0.1) is 11.3 Å². The summed E-state index contributed by atoms with van der Waals surface area (Å²) in [5, 5.41) is 0.412. The van der Waals surface area contributed by atoms with Crippen molar-refractivity contribution in [2.24, 2.45) is 11.3 Å². The first kappa shape index (κ1) is 11.5. The van der Waals surface area contributed by atoms with Gasteiger partial charge >= 0.3 is 0 Å². The van der Waals surface area contributed by atoms with Gasteiger partial charge in [-0.15, -0.1) is 0 Å². The molecule has 3 rings (SSSR count). The van der Waals surface area contributed by atoms with Crippen molar-refractivity contribution in [3.63, 3.8) is 0 Å². The number of ether oxygens (including phenoxy) is 1. The molecular formula is C13H19NO2S. The van der Waals surface area contributed by atoms with E-state index in [9.17, 15) is 4.79 Å². The average molecular weight is 253 g/mol. The number of carbonyl (C=O) groups is 1. The summed E-state index contributed by atoms with van der Waals surface area (Å²) < 4.78 is 5.82. The largest absolute Gasteiger partial charge is 0.465 e. The number of fused-ring (bicyclic) bond motifs is 1. The Morgan fingerprint density at radius 2 is 2.29 bits per heavy atom. The van der Waals surface area contributed by atoms with Crippen molar-refractivity contribution in [1.82, 2.24) is 4.90 Å². The summed E-state index contributed by atoms with van der Waals surface area (Å²) in [6.07, 6.45) is 3.93. The van der Waals surface area contributed by atoms with Gasteiger partial charge in [-0.3, -0.25) is 9.69 Å². The van der Waals surface area contributed by atoms with Crippen LogP contribution in [-0.4, -0.2) is 27.6 Å². The molecule has 2 bridgehead atoms. The first-order valence-electron chi connectivity index (χ1n) is 6.49. The molecule has 3 nitrogen and oxygen atoms in total. The molecule has 3 aliphatic rings. The van der Waals surface area contributed by atoms with Crippen LogP contribution in [0.3, 0.4) is 0 Å². The Labute approximate surface area is 107 Å². The molecule has 4 heteroatoms. The number of rotatable bonds is 1. The van der Waals surface area contributed by atoms with E-state index in [1.807, 2.05) is 11.8 Å². The second kappa shape index (κ2) is 3.22. The van der Waals surface area contributed by atoms with Gasteiger partial charge in [-0.25, -0.2) is 0 Å². The van der Waals surface area contributed by atoms with E-state index in [0.29, 0.717) is 17.5 Å². The van der Waals surface area contributed by atoms with E-state index in [-0.39, 0.29) is 23.0 Å². The highest BCUT2D eigenvalue weighted by molar-refractivity contribution is 7.80. The molecule has 1 heterocycles. The summed E-state index contributed by atoms with van der Waals surface area (Å²) in [7, 11) is 0. The second-order valence-electron chi connectivity index (χ2n) is 6.07. The molecule has 0 radical (unpaired) electrons. The van der Waals surface area contributed by atoms with Crippen molar-refractivity contribution >= 4 is 23.3 Å². The third kappa shape index (κ3) is 1.08. The number of amides is 1. The fraction of sp³-hybridized carbons (Fsp3) is 0.846. The molecular weight excluding hydrogens is 234 g/mol. The fourth-order valence-corrected chi connectivity index (χ4v) is 4.76. The first-order valence-corrected chi connectivity index (χ1v) is 6.89. The number of hydrogen-bond acceptors (Lipinski definition) is 3. The molecule has 0 aromatic heterocycles. The Hall–Kier alpha value is -0.640. The molecule has 2 saturated carbocycles. The van der Waals surface area contributed by atoms with Crippen LogP contribution in [-0.2, 0) is 9.53 Å². The molecule has 1 saturated heterocycles. The summed E-state index contributed by atoms with van der Waals surface area (Å²) in [4.78, 5) is 14.0. The van der Waals surface area contributed by atoms with Gasteiger partial charge in [-0.05, 0) is 42.8 Å². The highest BCUT2D eigenvalue weighted by Gasteiger charge is 2.72. The Bertz CT molecular complexity index is 398. The van der Waals surface area contributed by atoms with Crippen molar-refractivity contribution in [2.75, 3.05) is 0 Å². The maximum Gasteiger partial charge on any atom is 0.267 e. The number of carbonyl (C=O) groups excluding carboxylic acids is 1. The average Bonchev–Trinajstić information content (AvgIpc) is 2.78. The fourth-order valence-electron chi connectivity index (χ4n) is 4.38. The van der Waals surface area contributed by atoms with Crippen molar-refractivity contribution in [3.8, 4) is 0 Å². The third-order valence-electron chi connectivity index (χ3n) is 5.42. The first-order chi connectivity index (χ1) is 7.95. The van der Waals surface area contributed by atoms with E-state index in [1.54, 1.807) is 0 Å². The maximum absolute atomic E-state index is 12.2. The standard InChI is InChI=1S/C13H19NO2S/c1-4-10(15)14-11(17)16-9-7-8-5-6-13(9,14)12(8,2)3/h8-9H,4-7H2,1-3H3/t8-,9-,13-/m1/s1. The van der Waals surface area contributed by atoms with Gasteiger partial charge in [0.25, 0.3) is 5.17 Å². The summed E-state index contributed by atoms with van der Waals surface area (Å²) in [5.74, 6) is 0.788. The van der Waals surface area contributed by atoms with Gasteiger partial charge < -0.3 is 4.74 Å². The Morgan fingerprint density at radius 1 is 1.59 bits per heavy atom. The second-order valence-corrected chi connectivity index (χ2v) is 6.42. The maximum atomic E-state index is 12.2. The molecule has 0 unspecified atom stereocenters. The highest BCUT2D eigenvalue weighted by atomic mass is 32.1. The van der Waals surface area contributed by atoms with Crippen LogP contribution in [0.5, 0.6) is 0 Å². The molecule has 0 aromatic carbocycles. The molecule has 0 aromatic rings. The minimum absolute atomic E-state index is 0.119. The lowest BCUT2D eigenvalue weighted by molar-refractivity contribution is -0.133. The van der Waals surface area contributed by atoms with Crippen LogP contribution in [0.15, 0.2) is 0 Å². The van der Waals surface area contributed by atoms with E-state index in [1.165, 1.54) is 6.42 Å². The van der Waals surface area contributed by atoms with Crippen molar-refractivity contribution < 1.29 is 9.53 Å². The summed E-state index contributed by atoms with van der Waals surface area (Å²) >= 11 is 5.28. The SMILES string of the molecule is CCC(=O)N1C(=S)O[C@@H]2C[C@H]3CC[C@]21C3(C)C. The molecule has 17 heavy (non-hydrogen) atoms. The van der Waals surface area contributed by atoms with Gasteiger partial charge in [0.05, 0.1) is 5.54 Å². The van der Waals surface area contributed by atoms with Crippen LogP contribution in [0.25, 0.3) is 0 Å². The van der Waals surface area contributed by atoms with Crippen LogP contribution in [0.4, 0.5) is 0 Å². The van der Waals surface area contributed by atoms with Gasteiger partial charge in [-0.1, -0.05) is 20.8 Å². The normalized spacial score (nSPS) is 41.6. The van der Waals surface area contributed by atoms with Gasteiger partial charge in [0.2, 0.25) is 5.91 Å². The highest BCUT2D eigenvalue weighted by Crippen LogP contribution is 2.65. The zero-order valence-corrected chi connectivity index (χ0v) is 11.5. The number of thiocarbonyl (C=S) groups is 1. The summed E-state index contributed by atoms with van der Waals surface area (Å²) in [6, 6.07) is 0. The van der Waals surface area contributed by atoms with E-state index in [4.69, 9.17) is 17.0 Å². The lowest BCUT2D eigenvalue weighted by atomic mass is 9.74. The molecule has 1 spiro atoms. The Morgan fingerprint density at radius 3 is 2.88 bits per heavy atom. The van der Waals surface area contributed by atoms with Crippen LogP contribution < -0.4 is 0 Å². The Balaban J connectivity index is 2.10. The topological polar surface area (TPSA) is 29.5 Å². The molecule has 94 valence electrons. The van der Waals surface area contributed by atoms with E-state index >= 15 is 0 Å². The van der Waals surface area contributed by atoms with Gasteiger partial charge in [-0.2, -0.15) is 0 Å².